The molecule has 0 saturated heterocycles. The smallest absolute Gasteiger partial charge is 0.185 e. The molecule has 0 bridgehead atoms. The number of nitrogens with zero attached hydrogens (tertiary/aromatic N) is 1. The molecule has 0 radical (unpaired) electrons. The molecular formula is C20H21ClN2OS. The van der Waals surface area contributed by atoms with Crippen molar-refractivity contribution in [1.82, 2.24) is 4.98 Å². The maximum atomic E-state index is 13.3. The molecule has 0 amide bonds. The Morgan fingerprint density at radius 2 is 1.96 bits per heavy atom. The van der Waals surface area contributed by atoms with Gasteiger partial charge >= 0.3 is 0 Å². The summed E-state index contributed by atoms with van der Waals surface area (Å²) in [6.45, 7) is 6.44. The molecule has 130 valence electrons. The zero-order valence-electron chi connectivity index (χ0n) is 14.6. The number of aromatic nitrogens is 1. The van der Waals surface area contributed by atoms with E-state index in [4.69, 9.17) is 11.6 Å². The number of hydrogen-bond donors (Lipinski definition) is 1. The first-order chi connectivity index (χ1) is 11.9. The lowest BCUT2D eigenvalue weighted by Crippen LogP contribution is -2.42. The molecule has 0 fully saturated rings. The van der Waals surface area contributed by atoms with Crippen LogP contribution in [0.25, 0.3) is 0 Å². The Hall–Kier alpha value is -1.65. The summed E-state index contributed by atoms with van der Waals surface area (Å²) in [7, 11) is 0. The van der Waals surface area contributed by atoms with Crippen molar-refractivity contribution in [1.29, 1.82) is 0 Å². The molecule has 4 rings (SSSR count). The summed E-state index contributed by atoms with van der Waals surface area (Å²) in [6.07, 6.45) is 2.22. The largest absolute Gasteiger partial charge is 0.342 e. The third-order valence-corrected chi connectivity index (χ3v) is 6.68. The van der Waals surface area contributed by atoms with Crippen molar-refractivity contribution < 1.29 is 4.79 Å². The van der Waals surface area contributed by atoms with Gasteiger partial charge in [0.25, 0.3) is 0 Å². The number of benzene rings is 1. The van der Waals surface area contributed by atoms with Gasteiger partial charge in [-0.25, -0.2) is 4.98 Å². The lowest BCUT2D eigenvalue weighted by atomic mass is 9.62. The van der Waals surface area contributed by atoms with Crippen molar-refractivity contribution in [3.8, 4) is 0 Å². The van der Waals surface area contributed by atoms with Crippen LogP contribution in [0.2, 0.25) is 4.47 Å². The van der Waals surface area contributed by atoms with Crippen LogP contribution in [-0.4, -0.2) is 10.8 Å². The third kappa shape index (κ3) is 2.46. The number of Topliss-reactive ketones (excluding diaryl/α,β-unsaturated/α-hetero) is 1. The van der Waals surface area contributed by atoms with Crippen LogP contribution in [0.3, 0.4) is 0 Å². The molecule has 1 aliphatic heterocycles. The number of thiazole rings is 1. The highest BCUT2D eigenvalue weighted by Crippen LogP contribution is 2.56. The van der Waals surface area contributed by atoms with Crippen LogP contribution in [0.15, 0.2) is 41.6 Å². The van der Waals surface area contributed by atoms with E-state index >= 15 is 0 Å². The van der Waals surface area contributed by atoms with Gasteiger partial charge in [0.1, 0.15) is 5.82 Å². The minimum atomic E-state index is -0.463. The summed E-state index contributed by atoms with van der Waals surface area (Å²) in [5.41, 5.74) is 2.56. The first-order valence-electron chi connectivity index (χ1n) is 8.63. The molecule has 2 aliphatic rings. The zero-order valence-corrected chi connectivity index (χ0v) is 16.2. The van der Waals surface area contributed by atoms with Crippen LogP contribution in [-0.2, 0) is 10.2 Å². The van der Waals surface area contributed by atoms with E-state index in [0.717, 1.165) is 40.4 Å². The molecule has 1 aromatic heterocycles. The average molecular weight is 373 g/mol. The Balaban J connectivity index is 2.04. The van der Waals surface area contributed by atoms with E-state index < -0.39 is 5.41 Å². The zero-order chi connectivity index (χ0) is 17.8. The van der Waals surface area contributed by atoms with Gasteiger partial charge in [0, 0.05) is 17.7 Å². The molecule has 2 aromatic rings. The van der Waals surface area contributed by atoms with Crippen molar-refractivity contribution in [2.45, 2.75) is 45.4 Å². The molecule has 3 nitrogen and oxygen atoms in total. The van der Waals surface area contributed by atoms with Gasteiger partial charge in [-0.3, -0.25) is 4.79 Å². The Kier molecular flexibility index (Phi) is 3.82. The second-order valence-corrected chi connectivity index (χ2v) is 9.27. The highest BCUT2D eigenvalue weighted by atomic mass is 35.5. The summed E-state index contributed by atoms with van der Waals surface area (Å²) in [5, 5.41) is 3.44. The molecule has 1 aliphatic carbocycles. The molecule has 1 atom stereocenters. The van der Waals surface area contributed by atoms with E-state index in [1.165, 1.54) is 11.3 Å². The molecule has 5 heteroatoms. The van der Waals surface area contributed by atoms with Crippen LogP contribution in [0.1, 0.15) is 50.5 Å². The quantitative estimate of drug-likeness (QED) is 0.750. The minimum Gasteiger partial charge on any atom is -0.342 e. The summed E-state index contributed by atoms with van der Waals surface area (Å²) in [5.74, 6) is 1.05. The highest BCUT2D eigenvalue weighted by molar-refractivity contribution is 7.16. The fourth-order valence-corrected chi connectivity index (χ4v) is 5.74. The van der Waals surface area contributed by atoms with E-state index in [1.807, 2.05) is 18.2 Å². The van der Waals surface area contributed by atoms with E-state index in [1.54, 1.807) is 0 Å². The Labute approximate surface area is 157 Å². The number of carbonyl (C=O) groups is 1. The van der Waals surface area contributed by atoms with Crippen LogP contribution < -0.4 is 5.32 Å². The van der Waals surface area contributed by atoms with Crippen LogP contribution in [0.5, 0.6) is 0 Å². The number of allylic oxidation sites excluding steroid dienone is 2. The number of carbonyl (C=O) groups excluding carboxylic acids is 1. The summed E-state index contributed by atoms with van der Waals surface area (Å²) < 4.78 is 0.512. The molecule has 1 unspecified atom stereocenters. The van der Waals surface area contributed by atoms with Crippen LogP contribution in [0.4, 0.5) is 5.82 Å². The monoisotopic (exact) mass is 372 g/mol. The number of fused-ring (bicyclic) bond motifs is 1. The first-order valence-corrected chi connectivity index (χ1v) is 9.83. The molecule has 2 heterocycles. The van der Waals surface area contributed by atoms with Crippen LogP contribution in [0, 0.1) is 5.41 Å². The number of halogens is 1. The van der Waals surface area contributed by atoms with Crippen molar-refractivity contribution in [2.24, 2.45) is 5.41 Å². The van der Waals surface area contributed by atoms with Gasteiger partial charge in [-0.05, 0) is 23.8 Å². The Bertz CT molecular complexity index is 884. The minimum absolute atomic E-state index is 0.0452. The molecule has 0 spiro atoms. The fourth-order valence-electron chi connectivity index (χ4n) is 4.39. The third-order valence-electron chi connectivity index (χ3n) is 5.36. The van der Waals surface area contributed by atoms with E-state index in [-0.39, 0.29) is 11.2 Å². The van der Waals surface area contributed by atoms with Gasteiger partial charge in [-0.15, -0.1) is 11.3 Å². The summed E-state index contributed by atoms with van der Waals surface area (Å²) in [4.78, 5) is 18.8. The van der Waals surface area contributed by atoms with Gasteiger partial charge in [0.2, 0.25) is 0 Å². The summed E-state index contributed by atoms with van der Waals surface area (Å²) >= 11 is 7.76. The number of anilines is 1. The molecule has 0 saturated carbocycles. The number of ketones is 1. The standard InChI is InChI=1S/C20H21ClN2OS/c1-4-20(12-8-6-5-7-9-12)15-13(10-19(2,3)11-14(15)24)22-17-16(20)25-18(21)23-17/h5-9,22H,4,10-11H2,1-3H3. The lowest BCUT2D eigenvalue weighted by molar-refractivity contribution is -0.118. The van der Waals surface area contributed by atoms with Gasteiger partial charge in [-0.2, -0.15) is 0 Å². The molecule has 25 heavy (non-hydrogen) atoms. The second kappa shape index (κ2) is 5.68. The van der Waals surface area contributed by atoms with Crippen molar-refractivity contribution in [2.75, 3.05) is 5.32 Å². The average Bonchev–Trinajstić information content (AvgIpc) is 2.92. The highest BCUT2D eigenvalue weighted by Gasteiger charge is 2.50. The fraction of sp³-hybridized carbons (Fsp3) is 0.400. The van der Waals surface area contributed by atoms with E-state index in [0.29, 0.717) is 10.9 Å². The number of nitrogens with one attached hydrogen (secondary N) is 1. The van der Waals surface area contributed by atoms with Crippen molar-refractivity contribution in [3.63, 3.8) is 0 Å². The Morgan fingerprint density at radius 1 is 1.24 bits per heavy atom. The normalized spacial score (nSPS) is 24.6. The predicted octanol–water partition coefficient (Wildman–Crippen LogP) is 5.56. The molecular weight excluding hydrogens is 352 g/mol. The molecule has 1 aromatic carbocycles. The van der Waals surface area contributed by atoms with Crippen molar-refractivity contribution >= 4 is 34.5 Å². The van der Waals surface area contributed by atoms with E-state index in [9.17, 15) is 4.79 Å². The second-order valence-electron chi connectivity index (χ2n) is 7.69. The SMILES string of the molecule is CCC1(c2ccccc2)C2=C(CC(C)(C)CC2=O)Nc2nc(Cl)sc21. The van der Waals surface area contributed by atoms with Crippen molar-refractivity contribution in [3.05, 3.63) is 56.5 Å². The topological polar surface area (TPSA) is 42.0 Å². The van der Waals surface area contributed by atoms with Gasteiger partial charge in [0.05, 0.1) is 10.3 Å². The number of hydrogen-bond acceptors (Lipinski definition) is 4. The Morgan fingerprint density at radius 3 is 2.64 bits per heavy atom. The number of rotatable bonds is 2. The lowest BCUT2D eigenvalue weighted by Gasteiger charge is -2.44. The maximum Gasteiger partial charge on any atom is 0.185 e. The van der Waals surface area contributed by atoms with Gasteiger partial charge < -0.3 is 5.32 Å². The maximum absolute atomic E-state index is 13.3. The molecule has 1 N–H and O–H groups in total. The van der Waals surface area contributed by atoms with Crippen LogP contribution >= 0.6 is 22.9 Å². The van der Waals surface area contributed by atoms with Gasteiger partial charge in [0.15, 0.2) is 10.3 Å². The predicted molar refractivity (Wildman–Crippen MR) is 103 cm³/mol. The van der Waals surface area contributed by atoms with E-state index in [2.05, 4.69) is 43.2 Å². The first kappa shape index (κ1) is 16.8. The van der Waals surface area contributed by atoms with Gasteiger partial charge in [-0.1, -0.05) is 62.7 Å². The summed E-state index contributed by atoms with van der Waals surface area (Å²) in [6, 6.07) is 10.3.